The molecular formula is C20H19NO5. The largest absolute Gasteiger partial charge is 0.493 e. The lowest BCUT2D eigenvalue weighted by Gasteiger charge is -2.14. The second kappa shape index (κ2) is 7.82. The van der Waals surface area contributed by atoms with Crippen molar-refractivity contribution in [3.63, 3.8) is 0 Å². The van der Waals surface area contributed by atoms with Gasteiger partial charge >= 0.3 is 0 Å². The van der Waals surface area contributed by atoms with Crippen LogP contribution >= 0.6 is 0 Å². The Labute approximate surface area is 151 Å². The van der Waals surface area contributed by atoms with Crippen molar-refractivity contribution in [2.45, 2.75) is 12.8 Å². The summed E-state index contributed by atoms with van der Waals surface area (Å²) < 4.78 is 10.9. The summed E-state index contributed by atoms with van der Waals surface area (Å²) in [6.45, 7) is 0.739. The van der Waals surface area contributed by atoms with Crippen LogP contribution in [0.4, 0.5) is 0 Å². The zero-order chi connectivity index (χ0) is 18.5. The molecule has 2 aromatic carbocycles. The number of methoxy groups -OCH3 is 1. The molecular weight excluding hydrogens is 334 g/mol. The fourth-order valence-electron chi connectivity index (χ4n) is 2.88. The van der Waals surface area contributed by atoms with Crippen molar-refractivity contribution in [1.82, 2.24) is 4.90 Å². The molecule has 0 aliphatic carbocycles. The third-order valence-corrected chi connectivity index (χ3v) is 4.24. The Bertz CT molecular complexity index is 811. The number of nitrogens with zero attached hydrogens (tertiary/aromatic N) is 1. The number of carbonyl (C=O) groups excluding carboxylic acids is 3. The van der Waals surface area contributed by atoms with Crippen molar-refractivity contribution in [3.05, 3.63) is 59.2 Å². The van der Waals surface area contributed by atoms with Crippen LogP contribution in [0.3, 0.4) is 0 Å². The number of amides is 2. The zero-order valence-electron chi connectivity index (χ0n) is 14.4. The number of carbonyl (C=O) groups is 3. The molecule has 1 aliphatic heterocycles. The molecule has 0 unspecified atom stereocenters. The second-order valence-corrected chi connectivity index (χ2v) is 5.89. The molecule has 6 heteroatoms. The summed E-state index contributed by atoms with van der Waals surface area (Å²) in [6.07, 6.45) is 2.03. The van der Waals surface area contributed by atoms with Gasteiger partial charge in [0.15, 0.2) is 11.5 Å². The smallest absolute Gasteiger partial charge is 0.261 e. The van der Waals surface area contributed by atoms with Crippen LogP contribution in [-0.4, -0.2) is 43.3 Å². The number of benzene rings is 2. The number of unbranched alkanes of at least 4 members (excludes halogenated alkanes) is 1. The van der Waals surface area contributed by atoms with Gasteiger partial charge < -0.3 is 9.47 Å². The molecule has 0 radical (unpaired) electrons. The molecule has 3 rings (SSSR count). The molecule has 0 fully saturated rings. The first-order chi connectivity index (χ1) is 12.7. The van der Waals surface area contributed by atoms with Gasteiger partial charge in [-0.25, -0.2) is 0 Å². The van der Waals surface area contributed by atoms with E-state index < -0.39 is 0 Å². The van der Waals surface area contributed by atoms with Gasteiger partial charge in [0.2, 0.25) is 0 Å². The number of hydrogen-bond acceptors (Lipinski definition) is 5. The monoisotopic (exact) mass is 353 g/mol. The van der Waals surface area contributed by atoms with Crippen LogP contribution in [-0.2, 0) is 0 Å². The molecule has 2 amide bonds. The Hall–Kier alpha value is -3.15. The standard InChI is InChI=1S/C20H19NO5/c1-25-17-9-8-14(13-22)12-18(17)26-11-5-4-10-21-19(23)15-6-2-3-7-16(15)20(21)24/h2-3,6-9,12-13H,4-5,10-11H2,1H3. The summed E-state index contributed by atoms with van der Waals surface area (Å²) in [4.78, 5) is 36.7. The van der Waals surface area contributed by atoms with Crippen LogP contribution in [0, 0.1) is 0 Å². The second-order valence-electron chi connectivity index (χ2n) is 5.89. The number of ether oxygens (including phenoxy) is 2. The number of hydrogen-bond donors (Lipinski definition) is 0. The van der Waals surface area contributed by atoms with Gasteiger partial charge in [0.1, 0.15) is 6.29 Å². The highest BCUT2D eigenvalue weighted by Crippen LogP contribution is 2.28. The predicted octanol–water partition coefficient (Wildman–Crippen LogP) is 2.96. The summed E-state index contributed by atoms with van der Waals surface area (Å²) in [5.74, 6) is 0.563. The fourth-order valence-corrected chi connectivity index (χ4v) is 2.88. The highest BCUT2D eigenvalue weighted by molar-refractivity contribution is 6.21. The first-order valence-electron chi connectivity index (χ1n) is 8.37. The average Bonchev–Trinajstić information content (AvgIpc) is 2.92. The molecule has 0 aromatic heterocycles. The Morgan fingerprint density at radius 2 is 1.65 bits per heavy atom. The fraction of sp³-hybridized carbons (Fsp3) is 0.250. The van der Waals surface area contributed by atoms with E-state index in [1.54, 1.807) is 42.5 Å². The van der Waals surface area contributed by atoms with E-state index in [0.717, 1.165) is 6.29 Å². The Kier molecular flexibility index (Phi) is 5.31. The van der Waals surface area contributed by atoms with Crippen molar-refractivity contribution in [2.75, 3.05) is 20.3 Å². The van der Waals surface area contributed by atoms with Gasteiger partial charge in [0.25, 0.3) is 11.8 Å². The minimum absolute atomic E-state index is 0.244. The van der Waals surface area contributed by atoms with Crippen LogP contribution in [0.2, 0.25) is 0 Å². The lowest BCUT2D eigenvalue weighted by molar-refractivity contribution is 0.0649. The molecule has 0 N–H and O–H groups in total. The van der Waals surface area contributed by atoms with E-state index in [-0.39, 0.29) is 11.8 Å². The number of imide groups is 1. The van der Waals surface area contributed by atoms with Crippen LogP contribution in [0.1, 0.15) is 43.9 Å². The summed E-state index contributed by atoms with van der Waals surface area (Å²) in [6, 6.07) is 11.8. The maximum atomic E-state index is 12.3. The predicted molar refractivity (Wildman–Crippen MR) is 94.9 cm³/mol. The normalized spacial score (nSPS) is 12.9. The molecule has 1 aliphatic rings. The van der Waals surface area contributed by atoms with Crippen molar-refractivity contribution >= 4 is 18.1 Å². The van der Waals surface area contributed by atoms with E-state index in [0.29, 0.717) is 54.2 Å². The molecule has 0 atom stereocenters. The SMILES string of the molecule is COc1ccc(C=O)cc1OCCCCN1C(=O)c2ccccc2C1=O. The number of rotatable bonds is 8. The van der Waals surface area contributed by atoms with Gasteiger partial charge in [-0.3, -0.25) is 19.3 Å². The van der Waals surface area contributed by atoms with E-state index in [1.165, 1.54) is 12.0 Å². The molecule has 2 aromatic rings. The molecule has 26 heavy (non-hydrogen) atoms. The molecule has 0 saturated carbocycles. The van der Waals surface area contributed by atoms with Crippen LogP contribution in [0.15, 0.2) is 42.5 Å². The van der Waals surface area contributed by atoms with E-state index in [2.05, 4.69) is 0 Å². The van der Waals surface area contributed by atoms with Crippen molar-refractivity contribution < 1.29 is 23.9 Å². The highest BCUT2D eigenvalue weighted by atomic mass is 16.5. The third kappa shape index (κ3) is 3.44. The van der Waals surface area contributed by atoms with Gasteiger partial charge in [0, 0.05) is 12.1 Å². The third-order valence-electron chi connectivity index (χ3n) is 4.24. The van der Waals surface area contributed by atoms with Crippen molar-refractivity contribution in [2.24, 2.45) is 0 Å². The molecule has 6 nitrogen and oxygen atoms in total. The van der Waals surface area contributed by atoms with Crippen molar-refractivity contribution in [1.29, 1.82) is 0 Å². The van der Waals surface area contributed by atoms with Gasteiger partial charge in [-0.15, -0.1) is 0 Å². The minimum Gasteiger partial charge on any atom is -0.493 e. The topological polar surface area (TPSA) is 72.9 Å². The maximum absolute atomic E-state index is 12.3. The first kappa shape index (κ1) is 17.7. The van der Waals surface area contributed by atoms with Gasteiger partial charge in [-0.2, -0.15) is 0 Å². The summed E-state index contributed by atoms with van der Waals surface area (Å²) >= 11 is 0. The zero-order valence-corrected chi connectivity index (χ0v) is 14.4. The van der Waals surface area contributed by atoms with Gasteiger partial charge in [-0.05, 0) is 43.2 Å². The Morgan fingerprint density at radius 1 is 0.962 bits per heavy atom. The van der Waals surface area contributed by atoms with Crippen LogP contribution in [0.5, 0.6) is 11.5 Å². The molecule has 134 valence electrons. The van der Waals surface area contributed by atoms with E-state index in [1.807, 2.05) is 0 Å². The van der Waals surface area contributed by atoms with E-state index in [9.17, 15) is 14.4 Å². The van der Waals surface area contributed by atoms with Gasteiger partial charge in [-0.1, -0.05) is 12.1 Å². The molecule has 1 heterocycles. The lowest BCUT2D eigenvalue weighted by atomic mass is 10.1. The molecule has 0 saturated heterocycles. The Morgan fingerprint density at radius 3 is 2.27 bits per heavy atom. The van der Waals surface area contributed by atoms with E-state index in [4.69, 9.17) is 9.47 Å². The first-order valence-corrected chi connectivity index (χ1v) is 8.37. The highest BCUT2D eigenvalue weighted by Gasteiger charge is 2.34. The number of aldehydes is 1. The van der Waals surface area contributed by atoms with Crippen LogP contribution in [0.25, 0.3) is 0 Å². The molecule has 0 spiro atoms. The average molecular weight is 353 g/mol. The Balaban J connectivity index is 1.51. The van der Waals surface area contributed by atoms with Crippen LogP contribution < -0.4 is 9.47 Å². The van der Waals surface area contributed by atoms with Gasteiger partial charge in [0.05, 0.1) is 24.8 Å². The summed E-state index contributed by atoms with van der Waals surface area (Å²) in [5, 5.41) is 0. The van der Waals surface area contributed by atoms with E-state index >= 15 is 0 Å². The van der Waals surface area contributed by atoms with Crippen molar-refractivity contribution in [3.8, 4) is 11.5 Å². The quantitative estimate of drug-likeness (QED) is 0.414. The summed E-state index contributed by atoms with van der Waals surface area (Å²) in [5.41, 5.74) is 1.43. The molecule has 0 bridgehead atoms. The lowest BCUT2D eigenvalue weighted by Crippen LogP contribution is -2.30. The minimum atomic E-state index is -0.244. The number of fused-ring (bicyclic) bond motifs is 1. The maximum Gasteiger partial charge on any atom is 0.261 e. The summed E-state index contributed by atoms with van der Waals surface area (Å²) in [7, 11) is 1.53.